The zero-order valence-electron chi connectivity index (χ0n) is 8.28. The Labute approximate surface area is 93.6 Å². The molecule has 0 aromatic heterocycles. The molecule has 0 saturated carbocycles. The summed E-state index contributed by atoms with van der Waals surface area (Å²) in [7, 11) is 0. The number of esters is 1. The minimum Gasteiger partial charge on any atom is -0.550 e. The number of carbonyl (C=O) groups excluding carboxylic acids is 2. The molecule has 0 unspecified atom stereocenters. The zero-order valence-corrected chi connectivity index (χ0v) is 8.28. The van der Waals surface area contributed by atoms with Gasteiger partial charge >= 0.3 is 12.1 Å². The SMILES string of the molecule is O=C([O-])CC(=O)Oc1cccc(C(F)(F)F)c1. The second-order valence-corrected chi connectivity index (χ2v) is 3.05. The van der Waals surface area contributed by atoms with Crippen LogP contribution in [0.15, 0.2) is 24.3 Å². The summed E-state index contributed by atoms with van der Waals surface area (Å²) in [5.41, 5.74) is -0.990. The van der Waals surface area contributed by atoms with E-state index in [4.69, 9.17) is 0 Å². The van der Waals surface area contributed by atoms with Gasteiger partial charge in [-0.2, -0.15) is 13.2 Å². The molecule has 0 heterocycles. The normalized spacial score (nSPS) is 11.0. The number of carboxylic acids is 1. The average molecular weight is 247 g/mol. The van der Waals surface area contributed by atoms with E-state index in [0.29, 0.717) is 6.07 Å². The van der Waals surface area contributed by atoms with Crippen LogP contribution in [-0.4, -0.2) is 11.9 Å². The summed E-state index contributed by atoms with van der Waals surface area (Å²) in [6, 6.07) is 3.57. The molecule has 0 aliphatic carbocycles. The highest BCUT2D eigenvalue weighted by molar-refractivity contribution is 5.90. The zero-order chi connectivity index (χ0) is 13.1. The third-order valence-corrected chi connectivity index (χ3v) is 1.68. The molecule has 1 aromatic carbocycles. The standard InChI is InChI=1S/C10H7F3O4/c11-10(12,13)6-2-1-3-7(4-6)17-9(16)5-8(14)15/h1-4H,5H2,(H,14,15)/p-1. The molecule has 0 amide bonds. The third-order valence-electron chi connectivity index (χ3n) is 1.68. The van der Waals surface area contributed by atoms with Crippen molar-refractivity contribution in [2.75, 3.05) is 0 Å². The first-order valence-electron chi connectivity index (χ1n) is 4.37. The molecule has 0 atom stereocenters. The maximum atomic E-state index is 12.3. The van der Waals surface area contributed by atoms with Gasteiger partial charge in [-0.15, -0.1) is 0 Å². The largest absolute Gasteiger partial charge is 0.550 e. The van der Waals surface area contributed by atoms with Crippen molar-refractivity contribution >= 4 is 11.9 Å². The van der Waals surface area contributed by atoms with Gasteiger partial charge in [-0.25, -0.2) is 0 Å². The number of aliphatic carboxylic acids is 1. The van der Waals surface area contributed by atoms with E-state index in [-0.39, 0.29) is 5.75 Å². The smallest absolute Gasteiger partial charge is 0.416 e. The molecule has 0 aliphatic rings. The van der Waals surface area contributed by atoms with Crippen molar-refractivity contribution in [2.24, 2.45) is 0 Å². The van der Waals surface area contributed by atoms with Gasteiger partial charge in [-0.05, 0) is 18.2 Å². The summed E-state index contributed by atoms with van der Waals surface area (Å²) in [6.45, 7) is 0. The molecule has 0 saturated heterocycles. The van der Waals surface area contributed by atoms with Crippen LogP contribution in [-0.2, 0) is 15.8 Å². The predicted octanol–water partition coefficient (Wildman–Crippen LogP) is 0.751. The molecule has 1 rings (SSSR count). The Morgan fingerprint density at radius 3 is 2.47 bits per heavy atom. The molecular formula is C10H6F3O4-. The fourth-order valence-electron chi connectivity index (χ4n) is 1.02. The van der Waals surface area contributed by atoms with Crippen LogP contribution in [0.3, 0.4) is 0 Å². The summed E-state index contributed by atoms with van der Waals surface area (Å²) in [5, 5.41) is 10.0. The van der Waals surface area contributed by atoms with Gasteiger partial charge in [0.05, 0.1) is 18.0 Å². The van der Waals surface area contributed by atoms with Gasteiger partial charge in [0.15, 0.2) is 0 Å². The summed E-state index contributed by atoms with van der Waals surface area (Å²) < 4.78 is 41.2. The highest BCUT2D eigenvalue weighted by Gasteiger charge is 2.30. The Morgan fingerprint density at radius 2 is 1.94 bits per heavy atom. The van der Waals surface area contributed by atoms with Gasteiger partial charge in [0.1, 0.15) is 5.75 Å². The van der Waals surface area contributed by atoms with E-state index >= 15 is 0 Å². The highest BCUT2D eigenvalue weighted by Crippen LogP contribution is 2.31. The summed E-state index contributed by atoms with van der Waals surface area (Å²) in [4.78, 5) is 20.9. The topological polar surface area (TPSA) is 66.4 Å². The van der Waals surface area contributed by atoms with Crippen LogP contribution in [0.1, 0.15) is 12.0 Å². The van der Waals surface area contributed by atoms with Crippen LogP contribution >= 0.6 is 0 Å². The van der Waals surface area contributed by atoms with E-state index in [1.165, 1.54) is 0 Å². The highest BCUT2D eigenvalue weighted by atomic mass is 19.4. The Morgan fingerprint density at radius 1 is 1.29 bits per heavy atom. The molecule has 0 aliphatic heterocycles. The summed E-state index contributed by atoms with van der Waals surface area (Å²) >= 11 is 0. The van der Waals surface area contributed by atoms with Gasteiger partial charge < -0.3 is 14.6 Å². The Kier molecular flexibility index (Phi) is 3.72. The first kappa shape index (κ1) is 13.0. The van der Waals surface area contributed by atoms with Crippen LogP contribution in [0.4, 0.5) is 13.2 Å². The number of carboxylic acid groups (broad SMARTS) is 1. The van der Waals surface area contributed by atoms with Gasteiger partial charge in [-0.1, -0.05) is 6.07 Å². The first-order valence-corrected chi connectivity index (χ1v) is 4.37. The Balaban J connectivity index is 2.79. The monoisotopic (exact) mass is 247 g/mol. The third kappa shape index (κ3) is 4.13. The van der Waals surface area contributed by atoms with Crippen LogP contribution in [0.25, 0.3) is 0 Å². The van der Waals surface area contributed by atoms with Crippen LogP contribution in [0.5, 0.6) is 5.75 Å². The van der Waals surface area contributed by atoms with Gasteiger partial charge in [0.2, 0.25) is 0 Å². The summed E-state index contributed by atoms with van der Waals surface area (Å²) in [6.07, 6.45) is -5.58. The molecule has 7 heteroatoms. The van der Waals surface area contributed by atoms with Gasteiger partial charge in [0, 0.05) is 0 Å². The van der Waals surface area contributed by atoms with Crippen molar-refractivity contribution in [2.45, 2.75) is 12.6 Å². The molecule has 92 valence electrons. The minimum atomic E-state index is -4.56. The average Bonchev–Trinajstić information content (AvgIpc) is 2.15. The van der Waals surface area contributed by atoms with Gasteiger partial charge in [-0.3, -0.25) is 4.79 Å². The van der Waals surface area contributed by atoms with E-state index in [0.717, 1.165) is 18.2 Å². The van der Waals surface area contributed by atoms with Crippen molar-refractivity contribution in [3.05, 3.63) is 29.8 Å². The van der Waals surface area contributed by atoms with Crippen molar-refractivity contribution in [3.8, 4) is 5.75 Å². The van der Waals surface area contributed by atoms with Crippen LogP contribution in [0, 0.1) is 0 Å². The van der Waals surface area contributed by atoms with Crippen molar-refractivity contribution in [3.63, 3.8) is 0 Å². The van der Waals surface area contributed by atoms with Crippen LogP contribution in [0.2, 0.25) is 0 Å². The van der Waals surface area contributed by atoms with Crippen molar-refractivity contribution < 1.29 is 32.6 Å². The molecule has 0 radical (unpaired) electrons. The van der Waals surface area contributed by atoms with E-state index in [1.807, 2.05) is 0 Å². The van der Waals surface area contributed by atoms with Crippen LogP contribution < -0.4 is 9.84 Å². The fraction of sp³-hybridized carbons (Fsp3) is 0.200. The number of carbonyl (C=O) groups is 2. The number of hydrogen-bond donors (Lipinski definition) is 0. The van der Waals surface area contributed by atoms with Crippen molar-refractivity contribution in [1.29, 1.82) is 0 Å². The summed E-state index contributed by atoms with van der Waals surface area (Å²) in [5.74, 6) is -3.22. The molecular weight excluding hydrogens is 241 g/mol. The number of benzene rings is 1. The minimum absolute atomic E-state index is 0.369. The maximum Gasteiger partial charge on any atom is 0.416 e. The number of hydrogen-bond acceptors (Lipinski definition) is 4. The number of ether oxygens (including phenoxy) is 1. The predicted molar refractivity (Wildman–Crippen MR) is 46.7 cm³/mol. The van der Waals surface area contributed by atoms with E-state index in [9.17, 15) is 27.9 Å². The quantitative estimate of drug-likeness (QED) is 0.449. The second-order valence-electron chi connectivity index (χ2n) is 3.05. The number of alkyl halides is 3. The lowest BCUT2D eigenvalue weighted by Crippen LogP contribution is -2.27. The molecule has 0 N–H and O–H groups in total. The number of rotatable bonds is 3. The fourth-order valence-corrected chi connectivity index (χ4v) is 1.02. The first-order chi connectivity index (χ1) is 7.79. The van der Waals surface area contributed by atoms with E-state index in [2.05, 4.69) is 4.74 Å². The molecule has 0 fully saturated rings. The van der Waals surface area contributed by atoms with E-state index < -0.39 is 30.1 Å². The lowest BCUT2D eigenvalue weighted by atomic mass is 10.2. The molecule has 17 heavy (non-hydrogen) atoms. The maximum absolute atomic E-state index is 12.3. The lowest BCUT2D eigenvalue weighted by Gasteiger charge is -2.09. The molecule has 1 aromatic rings. The molecule has 0 bridgehead atoms. The Hall–Kier alpha value is -2.05. The van der Waals surface area contributed by atoms with Crippen molar-refractivity contribution in [1.82, 2.24) is 0 Å². The molecule has 4 nitrogen and oxygen atoms in total. The van der Waals surface area contributed by atoms with E-state index in [1.54, 1.807) is 0 Å². The van der Waals surface area contributed by atoms with Gasteiger partial charge in [0.25, 0.3) is 0 Å². The molecule has 0 spiro atoms. The lowest BCUT2D eigenvalue weighted by molar-refractivity contribution is -0.304. The number of halogens is 3. The second kappa shape index (κ2) is 4.86. The Bertz CT molecular complexity index is 439.